The average Bonchev–Trinajstić information content (AvgIpc) is 3.30. The highest BCUT2D eigenvalue weighted by atomic mass is 32.1. The molecule has 0 N–H and O–H groups in total. The normalized spacial score (nSPS) is 14.7. The van der Waals surface area contributed by atoms with E-state index in [2.05, 4.69) is 25.5 Å². The SMILES string of the molecule is Cc1csc(N2CCN(C(=O)c3ccc(-c4nnc(C)o4)cc3)CC2)n1. The molecule has 2 aromatic heterocycles. The number of amides is 1. The number of carbonyl (C=O) groups is 1. The Morgan fingerprint density at radius 2 is 1.81 bits per heavy atom. The van der Waals surface area contributed by atoms with Crippen LogP contribution in [-0.2, 0) is 0 Å². The summed E-state index contributed by atoms with van der Waals surface area (Å²) in [6.07, 6.45) is 0. The summed E-state index contributed by atoms with van der Waals surface area (Å²) in [6, 6.07) is 7.31. The van der Waals surface area contributed by atoms with E-state index in [1.54, 1.807) is 18.3 Å². The number of aryl methyl sites for hydroxylation is 2. The highest BCUT2D eigenvalue weighted by Gasteiger charge is 2.23. The molecule has 3 heterocycles. The fraction of sp³-hybridized carbons (Fsp3) is 0.333. The van der Waals surface area contributed by atoms with Gasteiger partial charge in [-0.2, -0.15) is 0 Å². The molecule has 3 aromatic rings. The third kappa shape index (κ3) is 3.32. The van der Waals surface area contributed by atoms with Crippen molar-refractivity contribution in [3.63, 3.8) is 0 Å². The molecule has 8 heteroatoms. The van der Waals surface area contributed by atoms with Gasteiger partial charge in [-0.1, -0.05) is 0 Å². The number of carbonyl (C=O) groups excluding carboxylic acids is 1. The fourth-order valence-corrected chi connectivity index (χ4v) is 3.80. The average molecular weight is 369 g/mol. The lowest BCUT2D eigenvalue weighted by Crippen LogP contribution is -2.48. The lowest BCUT2D eigenvalue weighted by atomic mass is 10.1. The molecular formula is C18H19N5O2S. The van der Waals surface area contributed by atoms with Crippen LogP contribution in [0.3, 0.4) is 0 Å². The molecular weight excluding hydrogens is 350 g/mol. The minimum atomic E-state index is 0.0493. The van der Waals surface area contributed by atoms with E-state index in [-0.39, 0.29) is 5.91 Å². The fourth-order valence-electron chi connectivity index (χ4n) is 2.94. The van der Waals surface area contributed by atoms with Crippen molar-refractivity contribution >= 4 is 22.4 Å². The van der Waals surface area contributed by atoms with Crippen LogP contribution in [0.2, 0.25) is 0 Å². The summed E-state index contributed by atoms with van der Waals surface area (Å²) in [7, 11) is 0. The molecule has 4 rings (SSSR count). The molecule has 1 aliphatic rings. The Morgan fingerprint density at radius 3 is 2.38 bits per heavy atom. The molecule has 0 radical (unpaired) electrons. The number of hydrogen-bond donors (Lipinski definition) is 0. The monoisotopic (exact) mass is 369 g/mol. The van der Waals surface area contributed by atoms with Crippen molar-refractivity contribution in [3.8, 4) is 11.5 Å². The Morgan fingerprint density at radius 1 is 1.08 bits per heavy atom. The number of rotatable bonds is 3. The highest BCUT2D eigenvalue weighted by Crippen LogP contribution is 2.23. The molecule has 1 aliphatic heterocycles. The van der Waals surface area contributed by atoms with Crippen LogP contribution in [0.4, 0.5) is 5.13 Å². The number of thiazole rings is 1. The van der Waals surface area contributed by atoms with Gasteiger partial charge in [0.1, 0.15) is 0 Å². The second-order valence-electron chi connectivity index (χ2n) is 6.25. The zero-order valence-electron chi connectivity index (χ0n) is 14.7. The molecule has 0 saturated carbocycles. The Hall–Kier alpha value is -2.74. The molecule has 0 aliphatic carbocycles. The smallest absolute Gasteiger partial charge is 0.253 e. The number of hydrogen-bond acceptors (Lipinski definition) is 7. The molecule has 0 unspecified atom stereocenters. The highest BCUT2D eigenvalue weighted by molar-refractivity contribution is 7.13. The van der Waals surface area contributed by atoms with Gasteiger partial charge in [-0.3, -0.25) is 4.79 Å². The third-order valence-corrected chi connectivity index (χ3v) is 5.37. The van der Waals surface area contributed by atoms with Gasteiger partial charge in [-0.15, -0.1) is 21.5 Å². The number of nitrogens with zero attached hydrogens (tertiary/aromatic N) is 5. The van der Waals surface area contributed by atoms with Gasteiger partial charge in [0, 0.05) is 49.6 Å². The first-order chi connectivity index (χ1) is 12.6. The quantitative estimate of drug-likeness (QED) is 0.707. The third-order valence-electron chi connectivity index (χ3n) is 4.35. The van der Waals surface area contributed by atoms with E-state index in [0.717, 1.165) is 29.5 Å². The number of anilines is 1. The maximum atomic E-state index is 12.7. The number of aromatic nitrogens is 3. The van der Waals surface area contributed by atoms with E-state index in [4.69, 9.17) is 4.42 Å². The van der Waals surface area contributed by atoms with Crippen LogP contribution in [-0.4, -0.2) is 52.2 Å². The summed E-state index contributed by atoms with van der Waals surface area (Å²) < 4.78 is 5.41. The Labute approximate surface area is 155 Å². The largest absolute Gasteiger partial charge is 0.421 e. The predicted octanol–water partition coefficient (Wildman–Crippen LogP) is 2.77. The molecule has 1 aromatic carbocycles. The van der Waals surface area contributed by atoms with Crippen molar-refractivity contribution in [2.45, 2.75) is 13.8 Å². The van der Waals surface area contributed by atoms with Crippen molar-refractivity contribution < 1.29 is 9.21 Å². The van der Waals surface area contributed by atoms with E-state index < -0.39 is 0 Å². The van der Waals surface area contributed by atoms with Crippen molar-refractivity contribution in [1.29, 1.82) is 0 Å². The summed E-state index contributed by atoms with van der Waals surface area (Å²) in [5.41, 5.74) is 2.52. The predicted molar refractivity (Wildman–Crippen MR) is 99.4 cm³/mol. The maximum Gasteiger partial charge on any atom is 0.253 e. The molecule has 0 bridgehead atoms. The minimum absolute atomic E-state index is 0.0493. The molecule has 1 amide bonds. The molecule has 134 valence electrons. The second kappa shape index (κ2) is 6.87. The van der Waals surface area contributed by atoms with Crippen LogP contribution in [0, 0.1) is 13.8 Å². The van der Waals surface area contributed by atoms with Gasteiger partial charge in [-0.25, -0.2) is 4.98 Å². The maximum absolute atomic E-state index is 12.7. The lowest BCUT2D eigenvalue weighted by Gasteiger charge is -2.34. The molecule has 0 spiro atoms. The van der Waals surface area contributed by atoms with Crippen molar-refractivity contribution in [1.82, 2.24) is 20.1 Å². The van der Waals surface area contributed by atoms with Gasteiger partial charge < -0.3 is 14.2 Å². The van der Waals surface area contributed by atoms with E-state index >= 15 is 0 Å². The van der Waals surface area contributed by atoms with Crippen molar-refractivity contribution in [2.75, 3.05) is 31.1 Å². The summed E-state index contributed by atoms with van der Waals surface area (Å²) in [5, 5.41) is 10.9. The lowest BCUT2D eigenvalue weighted by molar-refractivity contribution is 0.0747. The number of benzene rings is 1. The first-order valence-electron chi connectivity index (χ1n) is 8.47. The summed E-state index contributed by atoms with van der Waals surface area (Å²) in [5.74, 6) is 1.04. The molecule has 0 atom stereocenters. The van der Waals surface area contributed by atoms with Gasteiger partial charge in [0.25, 0.3) is 5.91 Å². The van der Waals surface area contributed by atoms with Crippen LogP contribution in [0.1, 0.15) is 21.9 Å². The zero-order chi connectivity index (χ0) is 18.1. The van der Waals surface area contributed by atoms with E-state index in [1.165, 1.54) is 0 Å². The Kier molecular flexibility index (Phi) is 4.42. The van der Waals surface area contributed by atoms with Crippen LogP contribution in [0.15, 0.2) is 34.1 Å². The zero-order valence-corrected chi connectivity index (χ0v) is 15.5. The Bertz CT molecular complexity index is 910. The van der Waals surface area contributed by atoms with Crippen molar-refractivity contribution in [3.05, 3.63) is 46.8 Å². The molecule has 1 fully saturated rings. The summed E-state index contributed by atoms with van der Waals surface area (Å²) >= 11 is 1.65. The Balaban J connectivity index is 1.40. The standard InChI is InChI=1S/C18H19N5O2S/c1-12-11-26-18(19-12)23-9-7-22(8-10-23)17(24)15-5-3-14(4-6-15)16-21-20-13(2)25-16/h3-6,11H,7-10H2,1-2H3. The van der Waals surface area contributed by atoms with Gasteiger partial charge in [0.05, 0.1) is 5.69 Å². The van der Waals surface area contributed by atoms with Crippen LogP contribution in [0.5, 0.6) is 0 Å². The van der Waals surface area contributed by atoms with E-state index in [9.17, 15) is 4.79 Å². The van der Waals surface area contributed by atoms with Crippen LogP contribution in [0.25, 0.3) is 11.5 Å². The summed E-state index contributed by atoms with van der Waals surface area (Å²) in [4.78, 5) is 21.4. The topological polar surface area (TPSA) is 75.4 Å². The number of piperazine rings is 1. The second-order valence-corrected chi connectivity index (χ2v) is 7.09. The first kappa shape index (κ1) is 16.7. The van der Waals surface area contributed by atoms with Gasteiger partial charge in [-0.05, 0) is 31.2 Å². The van der Waals surface area contributed by atoms with Crippen LogP contribution >= 0.6 is 11.3 Å². The van der Waals surface area contributed by atoms with Gasteiger partial charge >= 0.3 is 0 Å². The van der Waals surface area contributed by atoms with Gasteiger partial charge in [0.15, 0.2) is 5.13 Å². The first-order valence-corrected chi connectivity index (χ1v) is 9.35. The molecule has 26 heavy (non-hydrogen) atoms. The van der Waals surface area contributed by atoms with E-state index in [0.29, 0.717) is 30.4 Å². The van der Waals surface area contributed by atoms with Gasteiger partial charge in [0.2, 0.25) is 11.8 Å². The van der Waals surface area contributed by atoms with E-state index in [1.807, 2.05) is 36.1 Å². The minimum Gasteiger partial charge on any atom is -0.421 e. The van der Waals surface area contributed by atoms with Crippen molar-refractivity contribution in [2.24, 2.45) is 0 Å². The molecule has 1 saturated heterocycles. The molecule has 7 nitrogen and oxygen atoms in total. The van der Waals surface area contributed by atoms with Crippen LogP contribution < -0.4 is 4.90 Å². The summed E-state index contributed by atoms with van der Waals surface area (Å²) in [6.45, 7) is 6.75.